The average molecular weight is 548 g/mol. The second kappa shape index (κ2) is 12.0. The molecule has 3 N–H and O–H groups in total. The summed E-state index contributed by atoms with van der Waals surface area (Å²) < 4.78 is 10.8. The summed E-state index contributed by atoms with van der Waals surface area (Å²) in [5.74, 6) is 0.755. The molecule has 1 aromatic heterocycles. The number of benzene rings is 2. The largest absolute Gasteiger partial charge is 0.493 e. The molecule has 0 bridgehead atoms. The Morgan fingerprint density at radius 1 is 1.18 bits per heavy atom. The van der Waals surface area contributed by atoms with Gasteiger partial charge in [0.15, 0.2) is 17.3 Å². The van der Waals surface area contributed by atoms with Crippen LogP contribution in [0.25, 0.3) is 11.3 Å². The van der Waals surface area contributed by atoms with Crippen LogP contribution in [0.3, 0.4) is 0 Å². The Morgan fingerprint density at radius 2 is 1.90 bits per heavy atom. The smallest absolute Gasteiger partial charge is 0.163 e. The third-order valence-electron chi connectivity index (χ3n) is 7.64. The molecular weight excluding hydrogens is 506 g/mol. The molecule has 0 saturated carbocycles. The Hall–Kier alpha value is -3.46. The van der Waals surface area contributed by atoms with Gasteiger partial charge in [0.25, 0.3) is 0 Å². The minimum atomic E-state index is -1.34. The van der Waals surface area contributed by atoms with Gasteiger partial charge in [-0.3, -0.25) is 4.79 Å². The molecule has 0 saturated heterocycles. The fourth-order valence-electron chi connectivity index (χ4n) is 5.46. The molecule has 0 fully saturated rings. The molecule has 40 heavy (non-hydrogen) atoms. The molecule has 0 amide bonds. The van der Waals surface area contributed by atoms with E-state index in [2.05, 4.69) is 62.3 Å². The quantitative estimate of drug-likeness (QED) is 0.283. The highest BCUT2D eigenvalue weighted by Gasteiger charge is 2.41. The van der Waals surface area contributed by atoms with Gasteiger partial charge in [0.05, 0.1) is 36.3 Å². The number of ketones is 1. The predicted molar refractivity (Wildman–Crippen MR) is 157 cm³/mol. The maximum atomic E-state index is 13.2. The van der Waals surface area contributed by atoms with Crippen molar-refractivity contribution in [3.63, 3.8) is 0 Å². The molecule has 2 aromatic carbocycles. The number of likely N-dealkylation sites (N-methyl/N-ethyl adjacent to an activating group) is 2. The number of Topliss-reactive ketones (excluding diaryl/α,β-unsaturated/α-hetero) is 1. The van der Waals surface area contributed by atoms with Crippen molar-refractivity contribution in [1.82, 2.24) is 10.3 Å². The molecule has 8 heteroatoms. The van der Waals surface area contributed by atoms with Crippen LogP contribution in [0.15, 0.2) is 48.5 Å². The summed E-state index contributed by atoms with van der Waals surface area (Å²) in [5.41, 5.74) is 4.48. The summed E-state index contributed by atoms with van der Waals surface area (Å²) in [6.07, 6.45) is 0.319. The fraction of sp³-hybridized carbons (Fsp3) is 0.438. The van der Waals surface area contributed by atoms with Crippen molar-refractivity contribution < 1.29 is 24.5 Å². The van der Waals surface area contributed by atoms with Crippen molar-refractivity contribution >= 4 is 11.5 Å². The van der Waals surface area contributed by atoms with Gasteiger partial charge in [-0.2, -0.15) is 0 Å². The van der Waals surface area contributed by atoms with Crippen molar-refractivity contribution in [1.29, 1.82) is 0 Å². The number of aromatic nitrogens is 1. The van der Waals surface area contributed by atoms with Gasteiger partial charge in [-0.05, 0) is 58.0 Å². The summed E-state index contributed by atoms with van der Waals surface area (Å²) in [4.78, 5) is 20.4. The van der Waals surface area contributed by atoms with E-state index in [0.717, 1.165) is 41.2 Å². The van der Waals surface area contributed by atoms with E-state index in [1.807, 2.05) is 6.07 Å². The molecule has 3 aromatic rings. The van der Waals surface area contributed by atoms with Gasteiger partial charge in [-0.1, -0.05) is 36.8 Å². The van der Waals surface area contributed by atoms with Crippen molar-refractivity contribution in [2.75, 3.05) is 45.4 Å². The molecule has 214 valence electrons. The third kappa shape index (κ3) is 5.99. The van der Waals surface area contributed by atoms with Gasteiger partial charge in [-0.25, -0.2) is 4.98 Å². The molecule has 1 aliphatic heterocycles. The number of anilines is 1. The molecule has 2 atom stereocenters. The van der Waals surface area contributed by atoms with Crippen LogP contribution in [0.5, 0.6) is 11.5 Å². The van der Waals surface area contributed by atoms with Gasteiger partial charge in [0, 0.05) is 36.7 Å². The standard InChI is InChI=1S/C32H41N3O5/c1-7-33-31(3)20-35(5)30-24(31)19-28(34-29(30)22-10-8-21(2)9-11-22)32(4,38)15-14-25(37)23-12-13-26(40-17-16-36)27(18-23)39-6/h8-13,18-19,33,36,38H,7,14-17,20H2,1-6H3. The van der Waals surface area contributed by atoms with Crippen LogP contribution >= 0.6 is 0 Å². The highest BCUT2D eigenvalue weighted by atomic mass is 16.5. The Bertz CT molecular complexity index is 1360. The number of aliphatic hydroxyl groups excluding tert-OH is 1. The fourth-order valence-corrected chi connectivity index (χ4v) is 5.46. The number of rotatable bonds is 12. The Morgan fingerprint density at radius 3 is 2.55 bits per heavy atom. The average Bonchev–Trinajstić information content (AvgIpc) is 3.19. The number of aryl methyl sites for hydroxylation is 1. The number of hydrogen-bond acceptors (Lipinski definition) is 8. The third-order valence-corrected chi connectivity index (χ3v) is 7.64. The molecule has 1 aliphatic rings. The first-order chi connectivity index (χ1) is 19.0. The van der Waals surface area contributed by atoms with E-state index >= 15 is 0 Å². The maximum absolute atomic E-state index is 13.2. The number of carbonyl (C=O) groups excluding carboxylic acids is 1. The summed E-state index contributed by atoms with van der Waals surface area (Å²) >= 11 is 0. The number of carbonyl (C=O) groups is 1. The van der Waals surface area contributed by atoms with Crippen LogP contribution in [-0.4, -0.2) is 61.4 Å². The molecule has 8 nitrogen and oxygen atoms in total. The monoisotopic (exact) mass is 547 g/mol. The lowest BCUT2D eigenvalue weighted by molar-refractivity contribution is 0.0396. The first kappa shape index (κ1) is 29.5. The first-order valence-corrected chi connectivity index (χ1v) is 13.8. The molecule has 2 heterocycles. The van der Waals surface area contributed by atoms with Crippen LogP contribution in [0, 0.1) is 6.92 Å². The topological polar surface area (TPSA) is 104 Å². The van der Waals surface area contributed by atoms with E-state index in [9.17, 15) is 9.90 Å². The van der Waals surface area contributed by atoms with Crippen LogP contribution in [-0.2, 0) is 11.1 Å². The van der Waals surface area contributed by atoms with E-state index in [1.165, 1.54) is 7.11 Å². The lowest BCUT2D eigenvalue weighted by atomic mass is 9.87. The normalized spacial score (nSPS) is 17.9. The number of pyridine rings is 1. The minimum Gasteiger partial charge on any atom is -0.493 e. The number of methoxy groups -OCH3 is 1. The SMILES string of the molecule is CCNC1(C)CN(C)c2c1cc(C(C)(O)CCC(=O)c1ccc(OCCO)c(OC)c1)nc2-c1ccc(C)cc1. The Balaban J connectivity index is 1.66. The first-order valence-electron chi connectivity index (χ1n) is 13.8. The Kier molecular flexibility index (Phi) is 8.83. The van der Waals surface area contributed by atoms with Crippen molar-refractivity contribution in [3.8, 4) is 22.8 Å². The van der Waals surface area contributed by atoms with Crippen molar-refractivity contribution in [2.24, 2.45) is 0 Å². The van der Waals surface area contributed by atoms with Gasteiger partial charge in [-0.15, -0.1) is 0 Å². The predicted octanol–water partition coefficient (Wildman–Crippen LogP) is 4.58. The number of hydrogen-bond donors (Lipinski definition) is 3. The number of aliphatic hydroxyl groups is 2. The summed E-state index contributed by atoms with van der Waals surface area (Å²) in [6, 6.07) is 15.2. The molecular formula is C32H41N3O5. The van der Waals surface area contributed by atoms with Crippen molar-refractivity contribution in [2.45, 2.75) is 51.7 Å². The summed E-state index contributed by atoms with van der Waals surface area (Å²) in [6.45, 7) is 9.65. The second-order valence-corrected chi connectivity index (χ2v) is 11.0. The van der Waals surface area contributed by atoms with Crippen LogP contribution in [0.4, 0.5) is 5.69 Å². The van der Waals surface area contributed by atoms with E-state index in [4.69, 9.17) is 19.6 Å². The van der Waals surface area contributed by atoms with Crippen molar-refractivity contribution in [3.05, 3.63) is 70.9 Å². The zero-order chi connectivity index (χ0) is 29.1. The van der Waals surface area contributed by atoms with Gasteiger partial charge < -0.3 is 29.9 Å². The van der Waals surface area contributed by atoms with Gasteiger partial charge in [0.2, 0.25) is 0 Å². The molecule has 4 rings (SSSR count). The van der Waals surface area contributed by atoms with E-state index in [1.54, 1.807) is 25.1 Å². The van der Waals surface area contributed by atoms with Gasteiger partial charge >= 0.3 is 0 Å². The molecule has 0 radical (unpaired) electrons. The number of fused-ring (bicyclic) bond motifs is 1. The number of nitrogens with zero attached hydrogens (tertiary/aromatic N) is 2. The van der Waals surface area contributed by atoms with Crippen LogP contribution in [0.1, 0.15) is 60.8 Å². The summed E-state index contributed by atoms with van der Waals surface area (Å²) in [5, 5.41) is 24.4. The molecule has 2 unspecified atom stereocenters. The van der Waals surface area contributed by atoms with E-state index in [-0.39, 0.29) is 37.4 Å². The second-order valence-electron chi connectivity index (χ2n) is 11.0. The summed E-state index contributed by atoms with van der Waals surface area (Å²) in [7, 11) is 3.58. The van der Waals surface area contributed by atoms with E-state index in [0.29, 0.717) is 22.8 Å². The van der Waals surface area contributed by atoms with E-state index < -0.39 is 5.60 Å². The molecule has 0 aliphatic carbocycles. The van der Waals surface area contributed by atoms with Gasteiger partial charge in [0.1, 0.15) is 12.2 Å². The maximum Gasteiger partial charge on any atom is 0.163 e. The zero-order valence-corrected chi connectivity index (χ0v) is 24.4. The Labute approximate surface area is 237 Å². The van der Waals surface area contributed by atoms with Crippen LogP contribution < -0.4 is 19.7 Å². The number of nitrogens with one attached hydrogen (secondary N) is 1. The number of ether oxygens (including phenoxy) is 2. The van der Waals surface area contributed by atoms with Crippen LogP contribution in [0.2, 0.25) is 0 Å². The zero-order valence-electron chi connectivity index (χ0n) is 24.4. The minimum absolute atomic E-state index is 0.120. The lowest BCUT2D eigenvalue weighted by Crippen LogP contribution is -2.42. The highest BCUT2D eigenvalue weighted by molar-refractivity contribution is 5.96. The molecule has 0 spiro atoms. The lowest BCUT2D eigenvalue weighted by Gasteiger charge is -2.28. The highest BCUT2D eigenvalue weighted by Crippen LogP contribution is 2.45.